The summed E-state index contributed by atoms with van der Waals surface area (Å²) in [6, 6.07) is 0. The zero-order valence-electron chi connectivity index (χ0n) is 19.5. The average molecular weight is 411 g/mol. The van der Waals surface area contributed by atoms with Gasteiger partial charge in [-0.25, -0.2) is 9.59 Å². The summed E-state index contributed by atoms with van der Waals surface area (Å²) in [5.74, 6) is 0.435. The first-order valence-electron chi connectivity index (χ1n) is 11.4. The average Bonchev–Trinajstić information content (AvgIpc) is 2.66. The first-order valence-corrected chi connectivity index (χ1v) is 11.4. The van der Waals surface area contributed by atoms with E-state index >= 15 is 0 Å². The molecular weight excluding hydrogens is 364 g/mol. The van der Waals surface area contributed by atoms with Crippen molar-refractivity contribution in [1.29, 1.82) is 0 Å². The molecule has 0 heterocycles. The van der Waals surface area contributed by atoms with Crippen molar-refractivity contribution >= 4 is 11.9 Å². The quantitative estimate of drug-likeness (QED) is 0.155. The van der Waals surface area contributed by atoms with Gasteiger partial charge in [0.15, 0.2) is 0 Å². The molecule has 0 aromatic heterocycles. The number of esters is 1. The lowest BCUT2D eigenvalue weighted by atomic mass is 10.0. The molecule has 0 amide bonds. The minimum atomic E-state index is -0.854. The summed E-state index contributed by atoms with van der Waals surface area (Å²) in [6.45, 7) is 16.4. The van der Waals surface area contributed by atoms with E-state index in [1.165, 1.54) is 51.0 Å². The summed E-state index contributed by atoms with van der Waals surface area (Å²) in [5, 5.41) is 8.56. The molecule has 0 aliphatic carbocycles. The van der Waals surface area contributed by atoms with Crippen molar-refractivity contribution in [2.45, 2.75) is 105 Å². The third-order valence-electron chi connectivity index (χ3n) is 4.65. The number of ether oxygens (including phenoxy) is 1. The van der Waals surface area contributed by atoms with Gasteiger partial charge in [-0.2, -0.15) is 0 Å². The van der Waals surface area contributed by atoms with Crippen LogP contribution in [-0.4, -0.2) is 23.7 Å². The lowest BCUT2D eigenvalue weighted by molar-refractivity contribution is -0.138. The van der Waals surface area contributed by atoms with Gasteiger partial charge in [0, 0.05) is 11.6 Å². The molecule has 0 aliphatic heterocycles. The Hall–Kier alpha value is -1.58. The molecule has 0 aromatic rings. The van der Waals surface area contributed by atoms with Crippen molar-refractivity contribution in [3.63, 3.8) is 0 Å². The van der Waals surface area contributed by atoms with Gasteiger partial charge in [-0.3, -0.25) is 0 Å². The van der Waals surface area contributed by atoms with E-state index in [0.29, 0.717) is 18.6 Å². The van der Waals surface area contributed by atoms with Gasteiger partial charge in [-0.05, 0) is 31.1 Å². The maximum Gasteiger partial charge on any atom is 0.330 e. The molecule has 0 unspecified atom stereocenters. The number of hydrogen-bond acceptors (Lipinski definition) is 3. The van der Waals surface area contributed by atoms with Crippen LogP contribution in [0.3, 0.4) is 0 Å². The second-order valence-corrected chi connectivity index (χ2v) is 8.58. The summed E-state index contributed by atoms with van der Waals surface area (Å²) in [7, 11) is 0. The Morgan fingerprint density at radius 1 is 0.828 bits per heavy atom. The van der Waals surface area contributed by atoms with Crippen LogP contribution in [0.1, 0.15) is 105 Å². The molecule has 0 aromatic carbocycles. The lowest BCUT2D eigenvalue weighted by Crippen LogP contribution is -2.01. The Balaban J connectivity index is 0. The number of aliphatic carboxylic acids is 1. The summed E-state index contributed by atoms with van der Waals surface area (Å²) in [4.78, 5) is 21.1. The standard InChI is InChI=1S/C13H24O2.C12H22O2/c1-4-13(14)15-11-9-7-5-6-8-10-12(2)3;1-10(2)8-6-4-5-7-9-11(3)12(13)14/h4,12H,1,5-11H2,2-3H3;10H,3-9H2,1-2H3,(H,13,14). The van der Waals surface area contributed by atoms with Crippen molar-refractivity contribution in [3.05, 3.63) is 24.8 Å². The predicted molar refractivity (Wildman–Crippen MR) is 123 cm³/mol. The highest BCUT2D eigenvalue weighted by molar-refractivity contribution is 5.85. The van der Waals surface area contributed by atoms with Crippen molar-refractivity contribution in [1.82, 2.24) is 0 Å². The molecule has 0 spiro atoms. The van der Waals surface area contributed by atoms with Crippen molar-refractivity contribution in [2.75, 3.05) is 6.61 Å². The van der Waals surface area contributed by atoms with E-state index in [-0.39, 0.29) is 5.97 Å². The summed E-state index contributed by atoms with van der Waals surface area (Å²) in [6.07, 6.45) is 15.0. The number of unbranched alkanes of at least 4 members (excludes halogenated alkanes) is 7. The van der Waals surface area contributed by atoms with Crippen LogP contribution in [0.5, 0.6) is 0 Å². The molecule has 0 aliphatic rings. The van der Waals surface area contributed by atoms with Gasteiger partial charge in [-0.15, -0.1) is 0 Å². The molecule has 0 bridgehead atoms. The minimum absolute atomic E-state index is 0.310. The molecular formula is C25H46O4. The van der Waals surface area contributed by atoms with Gasteiger partial charge in [0.05, 0.1) is 6.61 Å². The third-order valence-corrected chi connectivity index (χ3v) is 4.65. The van der Waals surface area contributed by atoms with Gasteiger partial charge in [-0.1, -0.05) is 98.6 Å². The molecule has 0 rings (SSSR count). The number of hydrogen-bond donors (Lipinski definition) is 1. The van der Waals surface area contributed by atoms with Gasteiger partial charge < -0.3 is 9.84 Å². The first-order chi connectivity index (χ1) is 13.7. The highest BCUT2D eigenvalue weighted by Crippen LogP contribution is 2.13. The van der Waals surface area contributed by atoms with E-state index in [1.807, 2.05) is 0 Å². The van der Waals surface area contributed by atoms with Gasteiger partial charge in [0.2, 0.25) is 0 Å². The van der Waals surface area contributed by atoms with E-state index in [9.17, 15) is 9.59 Å². The molecule has 0 saturated carbocycles. The molecule has 0 radical (unpaired) electrons. The highest BCUT2D eigenvalue weighted by Gasteiger charge is 2.02. The third kappa shape index (κ3) is 26.4. The van der Waals surface area contributed by atoms with E-state index < -0.39 is 5.97 Å². The van der Waals surface area contributed by atoms with E-state index in [4.69, 9.17) is 9.84 Å². The van der Waals surface area contributed by atoms with Crippen molar-refractivity contribution in [2.24, 2.45) is 11.8 Å². The molecule has 4 nitrogen and oxygen atoms in total. The maximum atomic E-state index is 10.7. The van der Waals surface area contributed by atoms with Gasteiger partial charge >= 0.3 is 11.9 Å². The van der Waals surface area contributed by atoms with Gasteiger partial charge in [0.1, 0.15) is 0 Å². The highest BCUT2D eigenvalue weighted by atomic mass is 16.5. The van der Waals surface area contributed by atoms with Crippen LogP contribution in [0.15, 0.2) is 24.8 Å². The smallest absolute Gasteiger partial charge is 0.330 e. The van der Waals surface area contributed by atoms with Crippen LogP contribution in [0.25, 0.3) is 0 Å². The van der Waals surface area contributed by atoms with Crippen molar-refractivity contribution in [3.8, 4) is 0 Å². The van der Waals surface area contributed by atoms with Crippen LogP contribution in [0.2, 0.25) is 0 Å². The Bertz CT molecular complexity index is 438. The Morgan fingerprint density at radius 2 is 1.28 bits per heavy atom. The number of carboxylic acid groups (broad SMARTS) is 1. The predicted octanol–water partition coefficient (Wildman–Crippen LogP) is 7.34. The lowest BCUT2D eigenvalue weighted by Gasteiger charge is -2.04. The van der Waals surface area contributed by atoms with Crippen LogP contribution in [-0.2, 0) is 14.3 Å². The molecule has 0 fully saturated rings. The normalized spacial score (nSPS) is 10.4. The fourth-order valence-corrected chi connectivity index (χ4v) is 2.77. The Morgan fingerprint density at radius 3 is 1.72 bits per heavy atom. The summed E-state index contributed by atoms with van der Waals surface area (Å²) in [5.41, 5.74) is 0.342. The fraction of sp³-hybridized carbons (Fsp3) is 0.760. The topological polar surface area (TPSA) is 63.6 Å². The number of carboxylic acids is 1. The number of carbonyl (C=O) groups is 2. The van der Waals surface area contributed by atoms with E-state index in [0.717, 1.165) is 37.5 Å². The summed E-state index contributed by atoms with van der Waals surface area (Å²) < 4.78 is 4.88. The SMILES string of the molecule is C=C(CCCCCCC(C)C)C(=O)O.C=CC(=O)OCCCCCCCC(C)C. The zero-order chi connectivity index (χ0) is 22.5. The second kappa shape index (κ2) is 21.1. The molecule has 29 heavy (non-hydrogen) atoms. The fourth-order valence-electron chi connectivity index (χ4n) is 2.77. The van der Waals surface area contributed by atoms with Crippen LogP contribution >= 0.6 is 0 Å². The van der Waals surface area contributed by atoms with Gasteiger partial charge in [0.25, 0.3) is 0 Å². The molecule has 0 atom stereocenters. The first kappa shape index (κ1) is 29.6. The maximum absolute atomic E-state index is 10.7. The second-order valence-electron chi connectivity index (χ2n) is 8.58. The Labute approximate surface area is 179 Å². The van der Waals surface area contributed by atoms with Crippen LogP contribution in [0.4, 0.5) is 0 Å². The zero-order valence-corrected chi connectivity index (χ0v) is 19.5. The molecule has 1 N–H and O–H groups in total. The minimum Gasteiger partial charge on any atom is -0.478 e. The Kier molecular flexibility index (Phi) is 21.6. The van der Waals surface area contributed by atoms with Crippen LogP contribution in [0, 0.1) is 11.8 Å². The summed E-state index contributed by atoms with van der Waals surface area (Å²) >= 11 is 0. The van der Waals surface area contributed by atoms with Crippen molar-refractivity contribution < 1.29 is 19.4 Å². The molecule has 4 heteroatoms. The number of carbonyl (C=O) groups excluding carboxylic acids is 1. The van der Waals surface area contributed by atoms with E-state index in [2.05, 4.69) is 40.9 Å². The molecule has 170 valence electrons. The largest absolute Gasteiger partial charge is 0.478 e. The molecule has 0 saturated heterocycles. The van der Waals surface area contributed by atoms with E-state index in [1.54, 1.807) is 0 Å². The van der Waals surface area contributed by atoms with Crippen LogP contribution < -0.4 is 0 Å². The number of rotatable bonds is 17. The monoisotopic (exact) mass is 410 g/mol.